The molecule has 0 heterocycles. The highest BCUT2D eigenvalue weighted by molar-refractivity contribution is 5.81. The van der Waals surface area contributed by atoms with Crippen LogP contribution in [-0.4, -0.2) is 48.9 Å². The van der Waals surface area contributed by atoms with Gasteiger partial charge in [-0.15, -0.1) is 0 Å². The smallest absolute Gasteiger partial charge is 0.239 e. The van der Waals surface area contributed by atoms with Crippen molar-refractivity contribution in [1.29, 1.82) is 0 Å². The molecule has 2 N–H and O–H groups in total. The Morgan fingerprint density at radius 2 is 1.75 bits per heavy atom. The van der Waals surface area contributed by atoms with E-state index in [4.69, 9.17) is 0 Å². The van der Waals surface area contributed by atoms with Crippen LogP contribution in [0, 0.1) is 0 Å². The van der Waals surface area contributed by atoms with Gasteiger partial charge in [0.05, 0.1) is 6.04 Å². The van der Waals surface area contributed by atoms with Gasteiger partial charge in [-0.25, -0.2) is 0 Å². The van der Waals surface area contributed by atoms with E-state index in [-0.39, 0.29) is 17.9 Å². The Kier molecular flexibility index (Phi) is 7.54. The van der Waals surface area contributed by atoms with E-state index in [2.05, 4.69) is 10.6 Å². The fourth-order valence-electron chi connectivity index (χ4n) is 1.42. The van der Waals surface area contributed by atoms with Crippen LogP contribution in [0.25, 0.3) is 0 Å². The second-order valence-electron chi connectivity index (χ2n) is 3.67. The number of carbonyl (C=O) groups excluding carboxylic acids is 2. The predicted molar refractivity (Wildman–Crippen MR) is 64.1 cm³/mol. The molecular formula is C11H23N3O2. The average Bonchev–Trinajstić information content (AvgIpc) is 2.25. The molecule has 0 aliphatic carbocycles. The fourth-order valence-corrected chi connectivity index (χ4v) is 1.42. The van der Waals surface area contributed by atoms with Crippen LogP contribution in [0.1, 0.15) is 27.7 Å². The average molecular weight is 229 g/mol. The highest BCUT2D eigenvalue weighted by Gasteiger charge is 2.16. The fraction of sp³-hybridized carbons (Fsp3) is 0.818. The van der Waals surface area contributed by atoms with E-state index < -0.39 is 0 Å². The first-order chi connectivity index (χ1) is 7.52. The molecule has 0 aromatic rings. The molecule has 0 aliphatic heterocycles. The molecule has 0 saturated heterocycles. The number of hydrogen-bond acceptors (Lipinski definition) is 3. The van der Waals surface area contributed by atoms with E-state index in [1.54, 1.807) is 4.90 Å². The Bertz CT molecular complexity index is 227. The molecule has 0 saturated carbocycles. The SMILES string of the molecule is CCN(CC)C(=O)C(C)NCCNC(C)=O. The lowest BCUT2D eigenvalue weighted by Crippen LogP contribution is -2.46. The van der Waals surface area contributed by atoms with Crippen molar-refractivity contribution in [1.82, 2.24) is 15.5 Å². The first-order valence-electron chi connectivity index (χ1n) is 5.79. The van der Waals surface area contributed by atoms with Gasteiger partial charge in [-0.1, -0.05) is 0 Å². The van der Waals surface area contributed by atoms with Crippen molar-refractivity contribution in [2.45, 2.75) is 33.7 Å². The molecule has 5 heteroatoms. The first-order valence-corrected chi connectivity index (χ1v) is 5.79. The van der Waals surface area contributed by atoms with Gasteiger partial charge in [0.2, 0.25) is 11.8 Å². The van der Waals surface area contributed by atoms with Crippen LogP contribution in [-0.2, 0) is 9.59 Å². The number of amides is 2. The molecular weight excluding hydrogens is 206 g/mol. The van der Waals surface area contributed by atoms with E-state index >= 15 is 0 Å². The number of rotatable bonds is 7. The second kappa shape index (κ2) is 8.10. The molecule has 1 unspecified atom stereocenters. The zero-order valence-electron chi connectivity index (χ0n) is 10.7. The normalized spacial score (nSPS) is 12.0. The molecule has 0 aliphatic rings. The molecule has 5 nitrogen and oxygen atoms in total. The maximum atomic E-state index is 11.8. The van der Waals surface area contributed by atoms with Crippen LogP contribution < -0.4 is 10.6 Å². The van der Waals surface area contributed by atoms with Crippen molar-refractivity contribution in [3.8, 4) is 0 Å². The second-order valence-corrected chi connectivity index (χ2v) is 3.67. The highest BCUT2D eigenvalue weighted by atomic mass is 16.2. The molecule has 1 atom stereocenters. The minimum Gasteiger partial charge on any atom is -0.355 e. The van der Waals surface area contributed by atoms with Crippen LogP contribution in [0.15, 0.2) is 0 Å². The van der Waals surface area contributed by atoms with Gasteiger partial charge in [-0.05, 0) is 20.8 Å². The summed E-state index contributed by atoms with van der Waals surface area (Å²) in [5.74, 6) is 0.0531. The minimum absolute atomic E-state index is 0.0514. The van der Waals surface area contributed by atoms with Crippen LogP contribution in [0.2, 0.25) is 0 Å². The molecule has 0 aromatic heterocycles. The van der Waals surface area contributed by atoms with E-state index in [1.807, 2.05) is 20.8 Å². The summed E-state index contributed by atoms with van der Waals surface area (Å²) in [6, 6.07) is -0.200. The summed E-state index contributed by atoms with van der Waals surface area (Å²) >= 11 is 0. The molecule has 0 spiro atoms. The largest absolute Gasteiger partial charge is 0.355 e. The predicted octanol–water partition coefficient (Wildman–Crippen LogP) is -0.0310. The van der Waals surface area contributed by atoms with Crippen LogP contribution in [0.3, 0.4) is 0 Å². The quantitative estimate of drug-likeness (QED) is 0.603. The summed E-state index contributed by atoms with van der Waals surface area (Å²) < 4.78 is 0. The van der Waals surface area contributed by atoms with Crippen LogP contribution in [0.5, 0.6) is 0 Å². The molecule has 0 fully saturated rings. The summed E-state index contributed by atoms with van der Waals surface area (Å²) in [7, 11) is 0. The van der Waals surface area contributed by atoms with Crippen LogP contribution >= 0.6 is 0 Å². The van der Waals surface area contributed by atoms with E-state index in [1.165, 1.54) is 6.92 Å². The lowest BCUT2D eigenvalue weighted by molar-refractivity contribution is -0.132. The van der Waals surface area contributed by atoms with Gasteiger partial charge in [-0.2, -0.15) is 0 Å². The summed E-state index contributed by atoms with van der Waals surface area (Å²) in [5.41, 5.74) is 0. The summed E-state index contributed by atoms with van der Waals surface area (Å²) in [6.45, 7) is 9.86. The van der Waals surface area contributed by atoms with Crippen molar-refractivity contribution < 1.29 is 9.59 Å². The van der Waals surface area contributed by atoms with E-state index in [0.717, 1.165) is 13.1 Å². The highest BCUT2D eigenvalue weighted by Crippen LogP contribution is 1.94. The molecule has 16 heavy (non-hydrogen) atoms. The third-order valence-corrected chi connectivity index (χ3v) is 2.40. The Hall–Kier alpha value is -1.10. The third kappa shape index (κ3) is 5.70. The van der Waals surface area contributed by atoms with Crippen molar-refractivity contribution in [2.24, 2.45) is 0 Å². The molecule has 0 radical (unpaired) electrons. The zero-order chi connectivity index (χ0) is 12.6. The van der Waals surface area contributed by atoms with Crippen molar-refractivity contribution >= 4 is 11.8 Å². The number of carbonyl (C=O) groups is 2. The summed E-state index contributed by atoms with van der Waals surface area (Å²) in [4.78, 5) is 24.2. The topological polar surface area (TPSA) is 61.4 Å². The number of likely N-dealkylation sites (N-methyl/N-ethyl adjacent to an activating group) is 1. The monoisotopic (exact) mass is 229 g/mol. The lowest BCUT2D eigenvalue weighted by atomic mass is 10.3. The van der Waals surface area contributed by atoms with Gasteiger partial charge in [0.15, 0.2) is 0 Å². The van der Waals surface area contributed by atoms with Gasteiger partial charge in [0.25, 0.3) is 0 Å². The Morgan fingerprint density at radius 1 is 1.19 bits per heavy atom. The maximum absolute atomic E-state index is 11.8. The van der Waals surface area contributed by atoms with Crippen LogP contribution in [0.4, 0.5) is 0 Å². The molecule has 94 valence electrons. The number of nitrogens with one attached hydrogen (secondary N) is 2. The van der Waals surface area contributed by atoms with Crippen molar-refractivity contribution in [3.63, 3.8) is 0 Å². The Morgan fingerprint density at radius 3 is 2.19 bits per heavy atom. The lowest BCUT2D eigenvalue weighted by Gasteiger charge is -2.23. The zero-order valence-corrected chi connectivity index (χ0v) is 10.7. The molecule has 0 rings (SSSR count). The van der Waals surface area contributed by atoms with Gasteiger partial charge in [-0.3, -0.25) is 9.59 Å². The molecule has 0 bridgehead atoms. The first kappa shape index (κ1) is 14.9. The summed E-state index contributed by atoms with van der Waals surface area (Å²) in [6.07, 6.45) is 0. The van der Waals surface area contributed by atoms with Gasteiger partial charge in [0.1, 0.15) is 0 Å². The standard InChI is InChI=1S/C11H23N3O2/c1-5-14(6-2)11(16)9(3)12-7-8-13-10(4)15/h9,12H,5-8H2,1-4H3,(H,13,15). The van der Waals surface area contributed by atoms with E-state index in [0.29, 0.717) is 13.1 Å². The molecule has 0 aromatic carbocycles. The Labute approximate surface area is 97.6 Å². The maximum Gasteiger partial charge on any atom is 0.239 e. The van der Waals surface area contributed by atoms with Gasteiger partial charge < -0.3 is 15.5 Å². The minimum atomic E-state index is -0.200. The Balaban J connectivity index is 3.82. The van der Waals surface area contributed by atoms with E-state index in [9.17, 15) is 9.59 Å². The van der Waals surface area contributed by atoms with Crippen molar-refractivity contribution in [2.75, 3.05) is 26.2 Å². The number of nitrogens with zero attached hydrogens (tertiary/aromatic N) is 1. The number of hydrogen-bond donors (Lipinski definition) is 2. The van der Waals surface area contributed by atoms with Gasteiger partial charge >= 0.3 is 0 Å². The molecule has 2 amide bonds. The van der Waals surface area contributed by atoms with Gasteiger partial charge in [0, 0.05) is 33.1 Å². The third-order valence-electron chi connectivity index (χ3n) is 2.40. The summed E-state index contributed by atoms with van der Waals surface area (Å²) in [5, 5.41) is 5.75. The van der Waals surface area contributed by atoms with Crippen molar-refractivity contribution in [3.05, 3.63) is 0 Å².